The summed E-state index contributed by atoms with van der Waals surface area (Å²) in [7, 11) is 0. The van der Waals surface area contributed by atoms with E-state index in [-0.39, 0.29) is 0 Å². The standard InChI is InChI=1S/C20H18N4S/c1-2-15-12-18(16-10-6-7-11-17(16)22-15)21-13-19-23-24-20(25-19)14-8-4-3-5-9-14/h3-12H,2,13H2,1H3,(H,21,22). The molecule has 2 aromatic carbocycles. The van der Waals surface area contributed by atoms with Crippen molar-refractivity contribution >= 4 is 27.9 Å². The van der Waals surface area contributed by atoms with E-state index in [0.717, 1.165) is 44.3 Å². The number of hydrogen-bond acceptors (Lipinski definition) is 5. The lowest BCUT2D eigenvalue weighted by Crippen LogP contribution is -2.01. The lowest BCUT2D eigenvalue weighted by Gasteiger charge is -2.10. The van der Waals surface area contributed by atoms with Crippen molar-refractivity contribution in [2.24, 2.45) is 0 Å². The van der Waals surface area contributed by atoms with Crippen LogP contribution in [0.25, 0.3) is 21.5 Å². The van der Waals surface area contributed by atoms with Crippen molar-refractivity contribution in [3.8, 4) is 10.6 Å². The molecule has 0 amide bonds. The number of nitrogens with zero attached hydrogens (tertiary/aromatic N) is 3. The van der Waals surface area contributed by atoms with Gasteiger partial charge in [0.15, 0.2) is 0 Å². The number of nitrogens with one attached hydrogen (secondary N) is 1. The second-order valence-electron chi connectivity index (χ2n) is 5.75. The van der Waals surface area contributed by atoms with E-state index in [4.69, 9.17) is 0 Å². The van der Waals surface area contributed by atoms with Gasteiger partial charge in [-0.3, -0.25) is 4.98 Å². The van der Waals surface area contributed by atoms with Gasteiger partial charge in [0.1, 0.15) is 10.0 Å². The lowest BCUT2D eigenvalue weighted by molar-refractivity contribution is 0.990. The van der Waals surface area contributed by atoms with Crippen molar-refractivity contribution in [2.75, 3.05) is 5.32 Å². The third-order valence-corrected chi connectivity index (χ3v) is 5.02. The summed E-state index contributed by atoms with van der Waals surface area (Å²) >= 11 is 1.62. The summed E-state index contributed by atoms with van der Waals surface area (Å²) in [6.45, 7) is 2.78. The summed E-state index contributed by atoms with van der Waals surface area (Å²) in [5, 5.41) is 15.2. The van der Waals surface area contributed by atoms with Crippen LogP contribution < -0.4 is 5.32 Å². The van der Waals surface area contributed by atoms with Gasteiger partial charge in [-0.1, -0.05) is 66.8 Å². The number of anilines is 1. The maximum Gasteiger partial charge on any atom is 0.147 e. The monoisotopic (exact) mass is 346 g/mol. The van der Waals surface area contributed by atoms with Gasteiger partial charge in [0, 0.05) is 22.3 Å². The van der Waals surface area contributed by atoms with Gasteiger partial charge in [0.2, 0.25) is 0 Å². The fourth-order valence-electron chi connectivity index (χ4n) is 2.75. The van der Waals surface area contributed by atoms with Crippen molar-refractivity contribution in [3.63, 3.8) is 0 Å². The molecule has 4 aromatic rings. The summed E-state index contributed by atoms with van der Waals surface area (Å²) in [5.41, 5.74) is 4.31. The third kappa shape index (κ3) is 3.37. The summed E-state index contributed by atoms with van der Waals surface area (Å²) in [5.74, 6) is 0. The molecule has 0 atom stereocenters. The largest absolute Gasteiger partial charge is 0.378 e. The molecular formula is C20H18N4S. The number of para-hydroxylation sites is 1. The molecule has 4 rings (SSSR count). The Hall–Kier alpha value is -2.79. The number of aryl methyl sites for hydroxylation is 1. The molecule has 2 aromatic heterocycles. The minimum atomic E-state index is 0.654. The van der Waals surface area contributed by atoms with Gasteiger partial charge in [-0.2, -0.15) is 0 Å². The zero-order valence-electron chi connectivity index (χ0n) is 13.9. The van der Waals surface area contributed by atoms with Crippen LogP contribution in [0, 0.1) is 0 Å². The van der Waals surface area contributed by atoms with Crippen LogP contribution in [0.1, 0.15) is 17.6 Å². The molecule has 0 saturated heterocycles. The zero-order chi connectivity index (χ0) is 17.1. The highest BCUT2D eigenvalue weighted by Crippen LogP contribution is 2.26. The highest BCUT2D eigenvalue weighted by atomic mass is 32.1. The first kappa shape index (κ1) is 15.7. The number of pyridine rings is 1. The second-order valence-corrected chi connectivity index (χ2v) is 6.81. The fourth-order valence-corrected chi connectivity index (χ4v) is 3.54. The Kier molecular flexibility index (Phi) is 4.39. The molecule has 0 unspecified atom stereocenters. The summed E-state index contributed by atoms with van der Waals surface area (Å²) < 4.78 is 0. The smallest absolute Gasteiger partial charge is 0.147 e. The highest BCUT2D eigenvalue weighted by molar-refractivity contribution is 7.14. The van der Waals surface area contributed by atoms with Crippen LogP contribution in [0.3, 0.4) is 0 Å². The van der Waals surface area contributed by atoms with Gasteiger partial charge < -0.3 is 5.32 Å². The first-order chi connectivity index (χ1) is 12.3. The molecule has 0 fully saturated rings. The molecule has 0 bridgehead atoms. The van der Waals surface area contributed by atoms with Gasteiger partial charge in [-0.15, -0.1) is 10.2 Å². The molecule has 0 saturated carbocycles. The van der Waals surface area contributed by atoms with Crippen molar-refractivity contribution < 1.29 is 0 Å². The van der Waals surface area contributed by atoms with Gasteiger partial charge >= 0.3 is 0 Å². The van der Waals surface area contributed by atoms with E-state index < -0.39 is 0 Å². The van der Waals surface area contributed by atoms with Crippen molar-refractivity contribution in [2.45, 2.75) is 19.9 Å². The van der Waals surface area contributed by atoms with Crippen LogP contribution in [0.2, 0.25) is 0 Å². The Morgan fingerprint density at radius 1 is 0.960 bits per heavy atom. The average Bonchev–Trinajstić information content (AvgIpc) is 3.15. The number of hydrogen-bond donors (Lipinski definition) is 1. The quantitative estimate of drug-likeness (QED) is 0.557. The lowest BCUT2D eigenvalue weighted by atomic mass is 10.1. The molecule has 0 aliphatic heterocycles. The molecule has 1 N–H and O–H groups in total. The normalized spacial score (nSPS) is 10.9. The van der Waals surface area contributed by atoms with Gasteiger partial charge in [0.05, 0.1) is 12.1 Å². The van der Waals surface area contributed by atoms with Crippen LogP contribution in [-0.2, 0) is 13.0 Å². The fraction of sp³-hybridized carbons (Fsp3) is 0.150. The Morgan fingerprint density at radius 2 is 1.76 bits per heavy atom. The minimum Gasteiger partial charge on any atom is -0.378 e. The Balaban J connectivity index is 1.58. The average molecular weight is 346 g/mol. The van der Waals surface area contributed by atoms with E-state index in [1.807, 2.05) is 30.3 Å². The number of fused-ring (bicyclic) bond motifs is 1. The van der Waals surface area contributed by atoms with Crippen molar-refractivity contribution in [3.05, 3.63) is 71.4 Å². The molecule has 124 valence electrons. The van der Waals surface area contributed by atoms with Crippen LogP contribution in [0.4, 0.5) is 5.69 Å². The van der Waals surface area contributed by atoms with Crippen LogP contribution >= 0.6 is 11.3 Å². The zero-order valence-corrected chi connectivity index (χ0v) is 14.8. The highest BCUT2D eigenvalue weighted by Gasteiger charge is 2.08. The topological polar surface area (TPSA) is 50.7 Å². The molecule has 5 heteroatoms. The summed E-state index contributed by atoms with van der Waals surface area (Å²) in [6, 6.07) is 20.5. The molecule has 0 aliphatic carbocycles. The Labute approximate surface area is 150 Å². The molecule has 0 radical (unpaired) electrons. The molecule has 25 heavy (non-hydrogen) atoms. The maximum atomic E-state index is 4.69. The van der Waals surface area contributed by atoms with Gasteiger partial charge in [0.25, 0.3) is 0 Å². The van der Waals surface area contributed by atoms with E-state index >= 15 is 0 Å². The van der Waals surface area contributed by atoms with Crippen molar-refractivity contribution in [1.29, 1.82) is 0 Å². The van der Waals surface area contributed by atoms with E-state index in [2.05, 4.69) is 57.8 Å². The number of rotatable bonds is 5. The van der Waals surface area contributed by atoms with Gasteiger partial charge in [-0.05, 0) is 18.6 Å². The first-order valence-electron chi connectivity index (χ1n) is 8.34. The van der Waals surface area contributed by atoms with Gasteiger partial charge in [-0.25, -0.2) is 0 Å². The first-order valence-corrected chi connectivity index (χ1v) is 9.15. The third-order valence-electron chi connectivity index (χ3n) is 4.05. The second kappa shape index (κ2) is 6.99. The summed E-state index contributed by atoms with van der Waals surface area (Å²) in [6.07, 6.45) is 0.913. The molecule has 0 spiro atoms. The van der Waals surface area contributed by atoms with Crippen LogP contribution in [0.5, 0.6) is 0 Å². The molecular weight excluding hydrogens is 328 g/mol. The van der Waals surface area contributed by atoms with E-state index in [1.54, 1.807) is 11.3 Å². The minimum absolute atomic E-state index is 0.654. The van der Waals surface area contributed by atoms with Crippen LogP contribution in [-0.4, -0.2) is 15.2 Å². The van der Waals surface area contributed by atoms with Crippen LogP contribution in [0.15, 0.2) is 60.7 Å². The maximum absolute atomic E-state index is 4.69. The molecule has 4 nitrogen and oxygen atoms in total. The predicted molar refractivity (Wildman–Crippen MR) is 104 cm³/mol. The number of aromatic nitrogens is 3. The SMILES string of the molecule is CCc1cc(NCc2nnc(-c3ccccc3)s2)c2ccccc2n1. The van der Waals surface area contributed by atoms with E-state index in [1.165, 1.54) is 0 Å². The number of benzene rings is 2. The van der Waals surface area contributed by atoms with E-state index in [9.17, 15) is 0 Å². The summed E-state index contributed by atoms with van der Waals surface area (Å²) in [4.78, 5) is 4.69. The molecule has 2 heterocycles. The Bertz CT molecular complexity index is 995. The predicted octanol–water partition coefficient (Wildman–Crippen LogP) is 4.93. The van der Waals surface area contributed by atoms with Crippen molar-refractivity contribution in [1.82, 2.24) is 15.2 Å². The van der Waals surface area contributed by atoms with E-state index in [0.29, 0.717) is 6.54 Å². The molecule has 0 aliphatic rings. The Morgan fingerprint density at radius 3 is 2.60 bits per heavy atom.